The van der Waals surface area contributed by atoms with Crippen LogP contribution in [-0.4, -0.2) is 65.9 Å². The van der Waals surface area contributed by atoms with Crippen molar-refractivity contribution in [2.45, 2.75) is 26.4 Å². The standard InChI is InChI=1S/C24H29N3O5/c1-3-31-24(30)19-9-12-27(13-10-19)22(28)16-26(2)23(29)20-7-4-8-21(14-20)32-17-18-6-5-11-25-15-18/h4-8,11,14-15,19H,3,9-10,12-13,16-17H2,1-2H3. The molecule has 0 N–H and O–H groups in total. The zero-order valence-corrected chi connectivity index (χ0v) is 18.5. The number of hydrogen-bond acceptors (Lipinski definition) is 6. The van der Waals surface area contributed by atoms with Crippen LogP contribution in [0, 0.1) is 5.92 Å². The van der Waals surface area contributed by atoms with Crippen LogP contribution in [0.25, 0.3) is 0 Å². The fourth-order valence-electron chi connectivity index (χ4n) is 3.59. The first kappa shape index (κ1) is 23.2. The third-order valence-corrected chi connectivity index (χ3v) is 5.40. The third kappa shape index (κ3) is 6.29. The Morgan fingerprint density at radius 1 is 1.16 bits per heavy atom. The van der Waals surface area contributed by atoms with Crippen LogP contribution in [-0.2, 0) is 20.9 Å². The van der Waals surface area contributed by atoms with Gasteiger partial charge in [0.2, 0.25) is 5.91 Å². The zero-order valence-electron chi connectivity index (χ0n) is 18.5. The summed E-state index contributed by atoms with van der Waals surface area (Å²) in [5, 5.41) is 0. The first-order valence-electron chi connectivity index (χ1n) is 10.8. The van der Waals surface area contributed by atoms with E-state index in [1.807, 2.05) is 12.1 Å². The molecule has 0 unspecified atom stereocenters. The average Bonchev–Trinajstić information content (AvgIpc) is 2.83. The lowest BCUT2D eigenvalue weighted by Crippen LogP contribution is -2.45. The van der Waals surface area contributed by atoms with Crippen molar-refractivity contribution in [2.75, 3.05) is 33.3 Å². The quantitative estimate of drug-likeness (QED) is 0.588. The Morgan fingerprint density at radius 3 is 2.62 bits per heavy atom. The van der Waals surface area contributed by atoms with Crippen LogP contribution in [0.2, 0.25) is 0 Å². The predicted molar refractivity (Wildman–Crippen MR) is 118 cm³/mol. The Morgan fingerprint density at radius 2 is 1.94 bits per heavy atom. The highest BCUT2D eigenvalue weighted by Crippen LogP contribution is 2.20. The number of esters is 1. The van der Waals surface area contributed by atoms with Gasteiger partial charge >= 0.3 is 5.97 Å². The van der Waals surface area contributed by atoms with Crippen LogP contribution in [0.3, 0.4) is 0 Å². The summed E-state index contributed by atoms with van der Waals surface area (Å²) in [6.07, 6.45) is 4.59. The summed E-state index contributed by atoms with van der Waals surface area (Å²) in [7, 11) is 1.61. The van der Waals surface area contributed by atoms with E-state index in [1.54, 1.807) is 55.5 Å². The fraction of sp³-hybridized carbons (Fsp3) is 0.417. The molecular formula is C24H29N3O5. The van der Waals surface area contributed by atoms with E-state index in [0.717, 1.165) is 5.56 Å². The molecule has 2 heterocycles. The van der Waals surface area contributed by atoms with Crippen molar-refractivity contribution in [3.8, 4) is 5.75 Å². The van der Waals surface area contributed by atoms with Crippen molar-refractivity contribution in [3.63, 3.8) is 0 Å². The number of ether oxygens (including phenoxy) is 2. The number of benzene rings is 1. The maximum atomic E-state index is 12.8. The molecule has 0 bridgehead atoms. The number of carbonyl (C=O) groups excluding carboxylic acids is 3. The Bertz CT molecular complexity index is 926. The Balaban J connectivity index is 1.51. The van der Waals surface area contributed by atoms with Crippen LogP contribution in [0.15, 0.2) is 48.8 Å². The summed E-state index contributed by atoms with van der Waals surface area (Å²) in [5.74, 6) is -0.176. The summed E-state index contributed by atoms with van der Waals surface area (Å²) in [6, 6.07) is 10.7. The molecule has 8 nitrogen and oxygen atoms in total. The second kappa shape index (κ2) is 11.3. The Kier molecular flexibility index (Phi) is 8.19. The summed E-state index contributed by atoms with van der Waals surface area (Å²) in [4.78, 5) is 44.5. The van der Waals surface area contributed by atoms with Gasteiger partial charge < -0.3 is 19.3 Å². The van der Waals surface area contributed by atoms with Crippen molar-refractivity contribution < 1.29 is 23.9 Å². The molecule has 170 valence electrons. The lowest BCUT2D eigenvalue weighted by atomic mass is 9.97. The smallest absolute Gasteiger partial charge is 0.309 e. The molecule has 2 aromatic rings. The summed E-state index contributed by atoms with van der Waals surface area (Å²) in [6.45, 7) is 3.45. The zero-order chi connectivity index (χ0) is 22.9. The van der Waals surface area contributed by atoms with E-state index < -0.39 is 0 Å². The van der Waals surface area contributed by atoms with Gasteiger partial charge in [0.25, 0.3) is 5.91 Å². The molecule has 3 rings (SSSR count). The second-order valence-electron chi connectivity index (χ2n) is 7.75. The maximum Gasteiger partial charge on any atom is 0.309 e. The lowest BCUT2D eigenvalue weighted by molar-refractivity contribution is -0.151. The molecule has 1 saturated heterocycles. The summed E-state index contributed by atoms with van der Waals surface area (Å²) >= 11 is 0. The van der Waals surface area contributed by atoms with Crippen molar-refractivity contribution in [1.82, 2.24) is 14.8 Å². The molecule has 0 saturated carbocycles. The van der Waals surface area contributed by atoms with E-state index in [-0.39, 0.29) is 30.2 Å². The van der Waals surface area contributed by atoms with E-state index in [9.17, 15) is 14.4 Å². The van der Waals surface area contributed by atoms with Crippen LogP contribution < -0.4 is 4.74 Å². The van der Waals surface area contributed by atoms with Gasteiger partial charge in [0.1, 0.15) is 12.4 Å². The van der Waals surface area contributed by atoms with Gasteiger partial charge in [0.15, 0.2) is 0 Å². The van der Waals surface area contributed by atoms with Crippen molar-refractivity contribution in [2.24, 2.45) is 5.92 Å². The van der Waals surface area contributed by atoms with Crippen molar-refractivity contribution >= 4 is 17.8 Å². The molecule has 32 heavy (non-hydrogen) atoms. The maximum absolute atomic E-state index is 12.8. The van der Waals surface area contributed by atoms with Gasteiger partial charge in [-0.3, -0.25) is 19.4 Å². The van der Waals surface area contributed by atoms with Crippen LogP contribution in [0.1, 0.15) is 35.7 Å². The molecule has 1 fully saturated rings. The van der Waals surface area contributed by atoms with Gasteiger partial charge in [-0.2, -0.15) is 0 Å². The van der Waals surface area contributed by atoms with Gasteiger partial charge in [0.05, 0.1) is 19.1 Å². The number of likely N-dealkylation sites (N-methyl/N-ethyl adjacent to an activating group) is 1. The molecule has 0 radical (unpaired) electrons. The van der Waals surface area contributed by atoms with E-state index in [4.69, 9.17) is 9.47 Å². The number of likely N-dealkylation sites (tertiary alicyclic amines) is 1. The molecular weight excluding hydrogens is 410 g/mol. The average molecular weight is 440 g/mol. The largest absolute Gasteiger partial charge is 0.489 e. The van der Waals surface area contributed by atoms with Gasteiger partial charge in [0, 0.05) is 43.7 Å². The Hall–Kier alpha value is -3.42. The number of nitrogens with zero attached hydrogens (tertiary/aromatic N) is 3. The number of hydrogen-bond donors (Lipinski definition) is 0. The number of piperidine rings is 1. The molecule has 1 aliphatic rings. The minimum absolute atomic E-state index is 0.0241. The number of carbonyl (C=O) groups is 3. The monoisotopic (exact) mass is 439 g/mol. The van der Waals surface area contributed by atoms with Crippen LogP contribution in [0.5, 0.6) is 5.75 Å². The van der Waals surface area contributed by atoms with Gasteiger partial charge in [-0.05, 0) is 44.0 Å². The van der Waals surface area contributed by atoms with Crippen LogP contribution in [0.4, 0.5) is 0 Å². The van der Waals surface area contributed by atoms with E-state index in [2.05, 4.69) is 4.98 Å². The molecule has 0 spiro atoms. The predicted octanol–water partition coefficient (Wildman–Crippen LogP) is 2.53. The Labute approximate surface area is 188 Å². The van der Waals surface area contributed by atoms with Crippen molar-refractivity contribution in [1.29, 1.82) is 0 Å². The topological polar surface area (TPSA) is 89.0 Å². The molecule has 8 heteroatoms. The highest BCUT2D eigenvalue weighted by atomic mass is 16.5. The minimum Gasteiger partial charge on any atom is -0.489 e. The number of amides is 2. The normalized spacial score (nSPS) is 14.0. The molecule has 0 aliphatic carbocycles. The highest BCUT2D eigenvalue weighted by molar-refractivity contribution is 5.96. The first-order chi connectivity index (χ1) is 15.5. The first-order valence-corrected chi connectivity index (χ1v) is 10.8. The number of pyridine rings is 1. The van der Waals surface area contributed by atoms with Crippen LogP contribution >= 0.6 is 0 Å². The lowest BCUT2D eigenvalue weighted by Gasteiger charge is -2.32. The molecule has 1 aliphatic heterocycles. The second-order valence-corrected chi connectivity index (χ2v) is 7.75. The molecule has 2 amide bonds. The van der Waals surface area contributed by atoms with E-state index >= 15 is 0 Å². The molecule has 1 aromatic heterocycles. The summed E-state index contributed by atoms with van der Waals surface area (Å²) in [5.41, 5.74) is 1.38. The van der Waals surface area contributed by atoms with Gasteiger partial charge in [-0.25, -0.2) is 0 Å². The van der Waals surface area contributed by atoms with E-state index in [0.29, 0.717) is 50.5 Å². The minimum atomic E-state index is -0.258. The number of aromatic nitrogens is 1. The van der Waals surface area contributed by atoms with Gasteiger partial charge in [-0.1, -0.05) is 12.1 Å². The summed E-state index contributed by atoms with van der Waals surface area (Å²) < 4.78 is 10.8. The van der Waals surface area contributed by atoms with Crippen molar-refractivity contribution in [3.05, 3.63) is 59.9 Å². The highest BCUT2D eigenvalue weighted by Gasteiger charge is 2.29. The fourth-order valence-corrected chi connectivity index (χ4v) is 3.59. The molecule has 1 aromatic carbocycles. The van der Waals surface area contributed by atoms with E-state index in [1.165, 1.54) is 4.90 Å². The SMILES string of the molecule is CCOC(=O)C1CCN(C(=O)CN(C)C(=O)c2cccc(OCc3cccnc3)c2)CC1. The third-order valence-electron chi connectivity index (χ3n) is 5.40. The number of rotatable bonds is 8. The molecule has 0 atom stereocenters. The van der Waals surface area contributed by atoms with Gasteiger partial charge in [-0.15, -0.1) is 0 Å².